The molecule has 5 heterocycles. The first-order valence-corrected chi connectivity index (χ1v) is 17.0. The molecule has 5 rings (SSSR count). The minimum atomic E-state index is -4.51. The molecular weight excluding hydrogens is 689 g/mol. The second-order valence-electron chi connectivity index (χ2n) is 11.4. The van der Waals surface area contributed by atoms with Crippen molar-refractivity contribution in [3.05, 3.63) is 62.9 Å². The Morgan fingerprint density at radius 2 is 1.80 bits per heavy atom. The molecule has 10 nitrogen and oxygen atoms in total. The number of anilines is 2. The molecule has 3 saturated heterocycles. The average Bonchev–Trinajstić information content (AvgIpc) is 3.61. The lowest BCUT2D eigenvalue weighted by Crippen LogP contribution is -2.68. The van der Waals surface area contributed by atoms with E-state index in [2.05, 4.69) is 26.8 Å². The predicted octanol–water partition coefficient (Wildman–Crippen LogP) is 7.85. The molecule has 1 spiro atoms. The summed E-state index contributed by atoms with van der Waals surface area (Å²) in [6, 6.07) is 3.33. The van der Waals surface area contributed by atoms with E-state index in [0.29, 0.717) is 74.4 Å². The van der Waals surface area contributed by atoms with E-state index in [1.807, 2.05) is 25.7 Å². The van der Waals surface area contributed by atoms with Crippen LogP contribution in [0.1, 0.15) is 84.7 Å². The second-order valence-corrected chi connectivity index (χ2v) is 11.8. The molecule has 1 atom stereocenters. The highest BCUT2D eigenvalue weighted by atomic mass is 35.5. The Morgan fingerprint density at radius 1 is 1.16 bits per heavy atom. The Kier molecular flexibility index (Phi) is 17.3. The van der Waals surface area contributed by atoms with Crippen LogP contribution in [0, 0.1) is 0 Å². The molecule has 50 heavy (non-hydrogen) atoms. The quantitative estimate of drug-likeness (QED) is 0.159. The molecule has 16 heteroatoms. The number of H-pyrrole nitrogens is 1. The van der Waals surface area contributed by atoms with Gasteiger partial charge in [-0.05, 0) is 50.3 Å². The van der Waals surface area contributed by atoms with Crippen LogP contribution in [0.4, 0.5) is 33.5 Å². The van der Waals surface area contributed by atoms with Gasteiger partial charge in [0, 0.05) is 31.9 Å². The van der Waals surface area contributed by atoms with E-state index < -0.39 is 24.0 Å². The standard InChI is InChI=1S/C19H24F5N3.C12H15ClN2O3.C2H6.CH2O2/c1-3-7-13(11-14(8-4-2)19(22,23)24)15-12-16(27-9-5-6-10-27)26-18(25-15)17(20)21;1-8-12(6-17-7-12)18-3-2-15(8)10-4-9(13)5-14-11(10)16;1-2;2-1-3/h8,11-12,17H,3-7,9-10H2,1-2H3;4-5,8H,2-3,6-7H2,1H3,(H,14,16);1-2H3;1H,(H,2,3)/b13-11+,14-8-;;;. The number of hydrogen-bond acceptors (Lipinski definition) is 8. The van der Waals surface area contributed by atoms with E-state index >= 15 is 0 Å². The van der Waals surface area contributed by atoms with Gasteiger partial charge >= 0.3 is 6.18 Å². The minimum Gasteiger partial charge on any atom is -0.483 e. The molecule has 0 aliphatic carbocycles. The van der Waals surface area contributed by atoms with Crippen molar-refractivity contribution in [2.45, 2.75) is 91.0 Å². The summed E-state index contributed by atoms with van der Waals surface area (Å²) in [5, 5.41) is 7.42. The third-order valence-corrected chi connectivity index (χ3v) is 8.30. The summed E-state index contributed by atoms with van der Waals surface area (Å²) in [5.41, 5.74) is -0.149. The minimum absolute atomic E-state index is 0.0968. The summed E-state index contributed by atoms with van der Waals surface area (Å²) < 4.78 is 77.5. The average molecular weight is 736 g/mol. The first kappa shape index (κ1) is 42.6. The maximum Gasteiger partial charge on any atom is 0.416 e. The van der Waals surface area contributed by atoms with E-state index in [1.165, 1.54) is 12.3 Å². The van der Waals surface area contributed by atoms with Crippen LogP contribution < -0.4 is 15.4 Å². The number of carboxylic acid groups (broad SMARTS) is 1. The molecule has 3 aliphatic rings. The lowest BCUT2D eigenvalue weighted by molar-refractivity contribution is -0.228. The van der Waals surface area contributed by atoms with Crippen LogP contribution in [-0.2, 0) is 14.3 Å². The van der Waals surface area contributed by atoms with E-state index in [-0.39, 0.29) is 35.8 Å². The van der Waals surface area contributed by atoms with Crippen molar-refractivity contribution in [2.24, 2.45) is 0 Å². The Hall–Kier alpha value is -3.56. The summed E-state index contributed by atoms with van der Waals surface area (Å²) in [6.07, 6.45) is -0.835. The first-order valence-electron chi connectivity index (χ1n) is 16.6. The highest BCUT2D eigenvalue weighted by molar-refractivity contribution is 6.30. The van der Waals surface area contributed by atoms with Crippen molar-refractivity contribution in [2.75, 3.05) is 49.3 Å². The zero-order chi connectivity index (χ0) is 37.5. The van der Waals surface area contributed by atoms with E-state index in [1.54, 1.807) is 13.0 Å². The van der Waals surface area contributed by atoms with Crippen LogP contribution in [0.5, 0.6) is 0 Å². The van der Waals surface area contributed by atoms with Crippen molar-refractivity contribution < 1.29 is 41.3 Å². The molecule has 0 saturated carbocycles. The van der Waals surface area contributed by atoms with E-state index in [4.69, 9.17) is 31.0 Å². The van der Waals surface area contributed by atoms with Gasteiger partial charge in [-0.2, -0.15) is 13.2 Å². The van der Waals surface area contributed by atoms with E-state index in [0.717, 1.165) is 25.0 Å². The number of carbonyl (C=O) groups is 1. The largest absolute Gasteiger partial charge is 0.483 e. The monoisotopic (exact) mass is 735 g/mol. The number of allylic oxidation sites excluding steroid dienone is 4. The number of alkyl halides is 5. The van der Waals surface area contributed by atoms with Crippen molar-refractivity contribution in [3.63, 3.8) is 0 Å². The number of morpholine rings is 1. The zero-order valence-corrected chi connectivity index (χ0v) is 29.8. The number of pyridine rings is 1. The lowest BCUT2D eigenvalue weighted by Gasteiger charge is -2.53. The van der Waals surface area contributed by atoms with Crippen LogP contribution in [0.15, 0.2) is 40.8 Å². The molecule has 2 N–H and O–H groups in total. The van der Waals surface area contributed by atoms with Crippen LogP contribution in [0.3, 0.4) is 0 Å². The summed E-state index contributed by atoms with van der Waals surface area (Å²) in [6.45, 7) is 13.1. The smallest absolute Gasteiger partial charge is 0.416 e. The van der Waals surface area contributed by atoms with Crippen LogP contribution >= 0.6 is 11.6 Å². The van der Waals surface area contributed by atoms with Crippen molar-refractivity contribution in [1.82, 2.24) is 15.0 Å². The van der Waals surface area contributed by atoms with Crippen molar-refractivity contribution >= 4 is 35.2 Å². The number of nitrogens with zero attached hydrogens (tertiary/aromatic N) is 4. The third-order valence-electron chi connectivity index (χ3n) is 8.09. The Labute approximate surface area is 294 Å². The summed E-state index contributed by atoms with van der Waals surface area (Å²) in [5.74, 6) is -0.299. The molecule has 0 radical (unpaired) electrons. The second kappa shape index (κ2) is 20.3. The fourth-order valence-electron chi connectivity index (χ4n) is 5.59. The molecule has 0 bridgehead atoms. The van der Waals surface area contributed by atoms with Crippen LogP contribution in [0.25, 0.3) is 5.57 Å². The highest BCUT2D eigenvalue weighted by Gasteiger charge is 2.50. The van der Waals surface area contributed by atoms with Gasteiger partial charge in [0.25, 0.3) is 18.5 Å². The van der Waals surface area contributed by atoms with Crippen molar-refractivity contribution in [1.29, 1.82) is 0 Å². The number of ether oxygens (including phenoxy) is 2. The van der Waals surface area contributed by atoms with Gasteiger partial charge in [-0.1, -0.05) is 51.8 Å². The van der Waals surface area contributed by atoms with Gasteiger partial charge in [0.05, 0.1) is 42.2 Å². The molecule has 2 aromatic heterocycles. The highest BCUT2D eigenvalue weighted by Crippen LogP contribution is 2.35. The Bertz CT molecular complexity index is 1480. The number of nitrogens with one attached hydrogen (secondary N) is 1. The normalized spacial score (nSPS) is 18.7. The first-order chi connectivity index (χ1) is 23.8. The maximum absolute atomic E-state index is 13.3. The molecule has 0 amide bonds. The summed E-state index contributed by atoms with van der Waals surface area (Å²) >= 11 is 5.95. The number of halogens is 6. The van der Waals surface area contributed by atoms with Gasteiger partial charge in [-0.15, -0.1) is 0 Å². The molecule has 3 fully saturated rings. The maximum atomic E-state index is 13.3. The van der Waals surface area contributed by atoms with Crippen LogP contribution in [-0.4, -0.2) is 83.8 Å². The number of hydrogen-bond donors (Lipinski definition) is 2. The molecule has 3 aliphatic heterocycles. The Balaban J connectivity index is 0.000000324. The lowest BCUT2D eigenvalue weighted by atomic mass is 9.90. The Morgan fingerprint density at radius 3 is 2.32 bits per heavy atom. The van der Waals surface area contributed by atoms with Gasteiger partial charge in [-0.25, -0.2) is 18.7 Å². The van der Waals surface area contributed by atoms with Gasteiger partial charge in [0.2, 0.25) is 0 Å². The predicted molar refractivity (Wildman–Crippen MR) is 184 cm³/mol. The van der Waals surface area contributed by atoms with Gasteiger partial charge in [-0.3, -0.25) is 9.59 Å². The topological polar surface area (TPSA) is 121 Å². The molecule has 0 aromatic carbocycles. The summed E-state index contributed by atoms with van der Waals surface area (Å²) in [7, 11) is 0. The number of aromatic amines is 1. The molecular formula is C34H47ClF5N5O5. The zero-order valence-electron chi connectivity index (χ0n) is 29.0. The molecule has 280 valence electrons. The van der Waals surface area contributed by atoms with Gasteiger partial charge in [0.1, 0.15) is 17.1 Å². The number of aromatic nitrogens is 3. The fourth-order valence-corrected chi connectivity index (χ4v) is 5.75. The van der Waals surface area contributed by atoms with Crippen molar-refractivity contribution in [3.8, 4) is 0 Å². The third kappa shape index (κ3) is 11.5. The van der Waals surface area contributed by atoms with Gasteiger partial charge in [0.15, 0.2) is 5.82 Å². The summed E-state index contributed by atoms with van der Waals surface area (Å²) in [4.78, 5) is 34.6. The SMILES string of the molecule is CC.CC/C=C(/C=C(\CCC)c1cc(N2CCCC2)nc(C(F)F)n1)C(F)(F)F.CC1N(c2cc(Cl)c[nH]c2=O)CCOC12COC2.O=CO. The molecule has 2 aromatic rings. The van der Waals surface area contributed by atoms with Crippen LogP contribution in [0.2, 0.25) is 5.02 Å². The number of rotatable bonds is 8. The molecule has 1 unspecified atom stereocenters. The fraction of sp³-hybridized carbons (Fsp3) is 0.588. The van der Waals surface area contributed by atoms with Gasteiger partial charge < -0.3 is 29.4 Å². The van der Waals surface area contributed by atoms with E-state index in [9.17, 15) is 26.7 Å².